The molecule has 0 spiro atoms. The van der Waals surface area contributed by atoms with Crippen LogP contribution in [0.3, 0.4) is 0 Å². The van der Waals surface area contributed by atoms with Gasteiger partial charge in [-0.1, -0.05) is 6.92 Å². The summed E-state index contributed by atoms with van der Waals surface area (Å²) in [5.41, 5.74) is 7.42. The van der Waals surface area contributed by atoms with Crippen LogP contribution in [-0.2, 0) is 12.8 Å². The average Bonchev–Trinajstić information content (AvgIpc) is 2.28. The highest BCUT2D eigenvalue weighted by atomic mass is 16.5. The largest absolute Gasteiger partial charge is 0.495 e. The van der Waals surface area contributed by atoms with Crippen molar-refractivity contribution in [3.05, 3.63) is 17.3 Å². The van der Waals surface area contributed by atoms with Gasteiger partial charge in [0.2, 0.25) is 5.88 Å². The van der Waals surface area contributed by atoms with E-state index in [2.05, 4.69) is 11.9 Å². The van der Waals surface area contributed by atoms with Gasteiger partial charge in [-0.2, -0.15) is 0 Å². The summed E-state index contributed by atoms with van der Waals surface area (Å²) in [6.45, 7) is 2.61. The molecular weight excluding hydrogens is 192 g/mol. The predicted molar refractivity (Wildman–Crippen MR) is 59.5 cm³/mol. The molecule has 0 radical (unpaired) electrons. The van der Waals surface area contributed by atoms with E-state index in [1.165, 1.54) is 0 Å². The fourth-order valence-electron chi connectivity index (χ4n) is 1.48. The fourth-order valence-corrected chi connectivity index (χ4v) is 1.48. The summed E-state index contributed by atoms with van der Waals surface area (Å²) in [5.74, 6) is 1.46. The summed E-state index contributed by atoms with van der Waals surface area (Å²) in [4.78, 5) is 4.40. The third-order valence-corrected chi connectivity index (χ3v) is 2.28. The first-order valence-electron chi connectivity index (χ1n) is 5.07. The van der Waals surface area contributed by atoms with Gasteiger partial charge in [-0.25, -0.2) is 4.98 Å². The Hall–Kier alpha value is -1.29. The minimum absolute atomic E-state index is 0.554. The molecule has 4 heteroatoms. The first-order chi connectivity index (χ1) is 7.26. The number of pyridine rings is 1. The first kappa shape index (κ1) is 11.8. The highest BCUT2D eigenvalue weighted by molar-refractivity contribution is 5.39. The van der Waals surface area contributed by atoms with Gasteiger partial charge in [-0.15, -0.1) is 0 Å². The van der Waals surface area contributed by atoms with Gasteiger partial charge >= 0.3 is 0 Å². The zero-order valence-corrected chi connectivity index (χ0v) is 9.54. The van der Waals surface area contributed by atoms with E-state index in [4.69, 9.17) is 15.2 Å². The van der Waals surface area contributed by atoms with E-state index in [0.29, 0.717) is 18.8 Å². The van der Waals surface area contributed by atoms with Gasteiger partial charge in [0.25, 0.3) is 0 Å². The number of nitrogens with zero attached hydrogens (tertiary/aromatic N) is 1. The second kappa shape index (κ2) is 5.56. The number of aromatic nitrogens is 1. The third kappa shape index (κ3) is 2.59. The lowest BCUT2D eigenvalue weighted by Gasteiger charge is -2.12. The normalized spacial score (nSPS) is 10.1. The maximum atomic E-state index is 5.51. The molecular formula is C11H18N2O2. The highest BCUT2D eigenvalue weighted by Gasteiger charge is 2.10. The van der Waals surface area contributed by atoms with Crippen LogP contribution in [0, 0.1) is 0 Å². The molecule has 2 N–H and O–H groups in total. The summed E-state index contributed by atoms with van der Waals surface area (Å²) in [7, 11) is 3.27. The molecule has 0 fully saturated rings. The molecule has 0 aromatic carbocycles. The van der Waals surface area contributed by atoms with E-state index >= 15 is 0 Å². The topological polar surface area (TPSA) is 57.4 Å². The zero-order valence-electron chi connectivity index (χ0n) is 9.54. The lowest BCUT2D eigenvalue weighted by molar-refractivity contribution is 0.378. The number of nitrogens with two attached hydrogens (primary N) is 1. The van der Waals surface area contributed by atoms with Gasteiger partial charge < -0.3 is 15.2 Å². The molecule has 1 heterocycles. The minimum atomic E-state index is 0.554. The molecule has 0 atom stereocenters. The molecule has 0 amide bonds. The van der Waals surface area contributed by atoms with Crippen LogP contribution in [0.1, 0.15) is 18.2 Å². The highest BCUT2D eigenvalue weighted by Crippen LogP contribution is 2.25. The Morgan fingerprint density at radius 1 is 1.33 bits per heavy atom. The smallest absolute Gasteiger partial charge is 0.216 e. The Bertz CT molecular complexity index is 327. The van der Waals surface area contributed by atoms with Crippen molar-refractivity contribution in [3.63, 3.8) is 0 Å². The molecule has 84 valence electrons. The van der Waals surface area contributed by atoms with Crippen molar-refractivity contribution >= 4 is 0 Å². The maximum absolute atomic E-state index is 5.51. The van der Waals surface area contributed by atoms with Crippen molar-refractivity contribution < 1.29 is 9.47 Å². The maximum Gasteiger partial charge on any atom is 0.216 e. The first-order valence-corrected chi connectivity index (χ1v) is 5.07. The van der Waals surface area contributed by atoms with Gasteiger partial charge in [-0.3, -0.25) is 0 Å². The number of hydrogen-bond acceptors (Lipinski definition) is 4. The molecule has 1 aromatic rings. The van der Waals surface area contributed by atoms with E-state index < -0.39 is 0 Å². The molecule has 0 aliphatic heterocycles. The monoisotopic (exact) mass is 210 g/mol. The summed E-state index contributed by atoms with van der Waals surface area (Å²) < 4.78 is 10.5. The van der Waals surface area contributed by atoms with Crippen LogP contribution < -0.4 is 15.2 Å². The van der Waals surface area contributed by atoms with Gasteiger partial charge in [0, 0.05) is 12.0 Å². The third-order valence-electron chi connectivity index (χ3n) is 2.28. The molecule has 0 aliphatic carbocycles. The lowest BCUT2D eigenvalue weighted by atomic mass is 10.1. The van der Waals surface area contributed by atoms with Crippen LogP contribution in [0.25, 0.3) is 0 Å². The molecule has 0 aliphatic rings. The molecule has 1 rings (SSSR count). The summed E-state index contributed by atoms with van der Waals surface area (Å²) in [5, 5.41) is 0. The van der Waals surface area contributed by atoms with Crippen molar-refractivity contribution in [2.75, 3.05) is 20.8 Å². The minimum Gasteiger partial charge on any atom is -0.495 e. The van der Waals surface area contributed by atoms with Crippen LogP contribution in [0.15, 0.2) is 6.07 Å². The van der Waals surface area contributed by atoms with Crippen molar-refractivity contribution in [1.82, 2.24) is 4.98 Å². The van der Waals surface area contributed by atoms with Crippen molar-refractivity contribution in [3.8, 4) is 11.6 Å². The second-order valence-corrected chi connectivity index (χ2v) is 3.20. The van der Waals surface area contributed by atoms with Crippen LogP contribution in [0.2, 0.25) is 0 Å². The second-order valence-electron chi connectivity index (χ2n) is 3.20. The lowest BCUT2D eigenvalue weighted by Crippen LogP contribution is -2.08. The van der Waals surface area contributed by atoms with E-state index in [9.17, 15) is 0 Å². The summed E-state index contributed by atoms with van der Waals surface area (Å²) in [6.07, 6.45) is 1.57. The quantitative estimate of drug-likeness (QED) is 0.792. The number of rotatable bonds is 5. The van der Waals surface area contributed by atoms with Gasteiger partial charge in [0.15, 0.2) is 0 Å². The molecule has 0 saturated heterocycles. The zero-order chi connectivity index (χ0) is 11.3. The van der Waals surface area contributed by atoms with Crippen LogP contribution >= 0.6 is 0 Å². The van der Waals surface area contributed by atoms with E-state index in [1.807, 2.05) is 6.07 Å². The van der Waals surface area contributed by atoms with Crippen LogP contribution in [0.5, 0.6) is 11.6 Å². The number of hydrogen-bond donors (Lipinski definition) is 1. The van der Waals surface area contributed by atoms with E-state index in [-0.39, 0.29) is 0 Å². The Morgan fingerprint density at radius 2 is 2.07 bits per heavy atom. The number of ether oxygens (including phenoxy) is 2. The Kier molecular flexibility index (Phi) is 4.37. The Morgan fingerprint density at radius 3 is 2.53 bits per heavy atom. The van der Waals surface area contributed by atoms with Crippen molar-refractivity contribution in [1.29, 1.82) is 0 Å². The van der Waals surface area contributed by atoms with Gasteiger partial charge in [0.05, 0.1) is 19.9 Å². The van der Waals surface area contributed by atoms with E-state index in [0.717, 1.165) is 23.4 Å². The standard InChI is InChI=1S/C11H18N2O2/c1-4-8-7-10(14-2)9(5-6-12)13-11(8)15-3/h7H,4-6,12H2,1-3H3. The van der Waals surface area contributed by atoms with Crippen LogP contribution in [-0.4, -0.2) is 25.7 Å². The fraction of sp³-hybridized carbons (Fsp3) is 0.545. The number of aryl methyl sites for hydroxylation is 1. The molecule has 0 bridgehead atoms. The van der Waals surface area contributed by atoms with Crippen LogP contribution in [0.4, 0.5) is 0 Å². The molecule has 0 unspecified atom stereocenters. The Labute approximate surface area is 90.4 Å². The molecule has 0 saturated carbocycles. The Balaban J connectivity index is 3.15. The van der Waals surface area contributed by atoms with Gasteiger partial charge in [-0.05, 0) is 19.0 Å². The van der Waals surface area contributed by atoms with E-state index in [1.54, 1.807) is 14.2 Å². The number of methoxy groups -OCH3 is 2. The molecule has 1 aromatic heterocycles. The van der Waals surface area contributed by atoms with Crippen molar-refractivity contribution in [2.45, 2.75) is 19.8 Å². The van der Waals surface area contributed by atoms with Crippen molar-refractivity contribution in [2.24, 2.45) is 5.73 Å². The average molecular weight is 210 g/mol. The molecule has 15 heavy (non-hydrogen) atoms. The summed E-state index contributed by atoms with van der Waals surface area (Å²) >= 11 is 0. The summed E-state index contributed by atoms with van der Waals surface area (Å²) in [6, 6.07) is 1.97. The van der Waals surface area contributed by atoms with Gasteiger partial charge in [0.1, 0.15) is 5.75 Å². The molecule has 4 nitrogen and oxygen atoms in total. The SMILES string of the molecule is CCc1cc(OC)c(CCN)nc1OC. The predicted octanol–water partition coefficient (Wildman–Crippen LogP) is 1.16.